The van der Waals surface area contributed by atoms with Crippen molar-refractivity contribution in [3.05, 3.63) is 36.3 Å². The van der Waals surface area contributed by atoms with E-state index in [0.29, 0.717) is 26.3 Å². The van der Waals surface area contributed by atoms with E-state index in [1.165, 1.54) is 0 Å². The number of carbonyl (C=O) groups excluding carboxylic acids is 1. The molecule has 1 atom stereocenters. The highest BCUT2D eigenvalue weighted by atomic mass is 16.7. The molecule has 0 unspecified atom stereocenters. The molecule has 0 aromatic carbocycles. The number of urea groups is 1. The Labute approximate surface area is 146 Å². The second-order valence-electron chi connectivity index (χ2n) is 6.88. The zero-order valence-corrected chi connectivity index (χ0v) is 14.5. The first kappa shape index (κ1) is 16.4. The van der Waals surface area contributed by atoms with Crippen molar-refractivity contribution >= 4 is 11.7 Å². The predicted octanol–water partition coefficient (Wildman–Crippen LogP) is 2.02. The van der Waals surface area contributed by atoms with E-state index >= 15 is 0 Å². The van der Waals surface area contributed by atoms with Crippen LogP contribution in [-0.2, 0) is 16.0 Å². The van der Waals surface area contributed by atoms with E-state index < -0.39 is 5.79 Å². The van der Waals surface area contributed by atoms with Crippen LogP contribution in [0.1, 0.15) is 25.3 Å². The molecular weight excluding hydrogens is 320 g/mol. The fourth-order valence-electron chi connectivity index (χ4n) is 3.71. The zero-order valence-electron chi connectivity index (χ0n) is 14.5. The highest BCUT2D eigenvalue weighted by molar-refractivity contribution is 5.74. The van der Waals surface area contributed by atoms with Crippen LogP contribution in [0.5, 0.6) is 0 Å². The topological polar surface area (TPSA) is 68.1 Å². The number of ether oxygens (including phenoxy) is 2. The monoisotopic (exact) mass is 344 g/mol. The molecule has 0 spiro atoms. The van der Waals surface area contributed by atoms with E-state index in [9.17, 15) is 4.79 Å². The van der Waals surface area contributed by atoms with Gasteiger partial charge < -0.3 is 24.1 Å². The van der Waals surface area contributed by atoms with Gasteiger partial charge in [-0.3, -0.25) is 0 Å². The Bertz CT molecular complexity index is 754. The molecule has 134 valence electrons. The summed E-state index contributed by atoms with van der Waals surface area (Å²) in [6.07, 6.45) is 7.62. The number of pyridine rings is 1. The maximum absolute atomic E-state index is 12.6. The number of fused-ring (bicyclic) bond motifs is 1. The van der Waals surface area contributed by atoms with Crippen molar-refractivity contribution in [2.24, 2.45) is 5.92 Å². The molecule has 2 aromatic heterocycles. The third-order valence-corrected chi connectivity index (χ3v) is 5.22. The van der Waals surface area contributed by atoms with Crippen molar-refractivity contribution in [3.63, 3.8) is 0 Å². The van der Waals surface area contributed by atoms with E-state index in [-0.39, 0.29) is 11.9 Å². The summed E-state index contributed by atoms with van der Waals surface area (Å²) in [6.45, 7) is 5.20. The van der Waals surface area contributed by atoms with Crippen LogP contribution in [0.3, 0.4) is 0 Å². The Morgan fingerprint density at radius 3 is 3.08 bits per heavy atom. The van der Waals surface area contributed by atoms with Crippen molar-refractivity contribution in [2.45, 2.75) is 32.1 Å². The lowest BCUT2D eigenvalue weighted by molar-refractivity contribution is -0.189. The predicted molar refractivity (Wildman–Crippen MR) is 92.0 cm³/mol. The molecule has 2 aliphatic heterocycles. The molecule has 7 heteroatoms. The van der Waals surface area contributed by atoms with Crippen molar-refractivity contribution in [1.29, 1.82) is 0 Å². The van der Waals surface area contributed by atoms with Crippen LogP contribution >= 0.6 is 0 Å². The molecule has 2 aliphatic rings. The summed E-state index contributed by atoms with van der Waals surface area (Å²) in [5.74, 6) is -0.333. The fraction of sp³-hybridized carbons (Fsp3) is 0.556. The lowest BCUT2D eigenvalue weighted by atomic mass is 9.90. The van der Waals surface area contributed by atoms with Gasteiger partial charge in [-0.15, -0.1) is 0 Å². The van der Waals surface area contributed by atoms with Gasteiger partial charge in [-0.1, -0.05) is 0 Å². The van der Waals surface area contributed by atoms with E-state index in [1.54, 1.807) is 6.20 Å². The van der Waals surface area contributed by atoms with Crippen molar-refractivity contribution in [1.82, 2.24) is 19.6 Å². The highest BCUT2D eigenvalue weighted by Crippen LogP contribution is 2.34. The van der Waals surface area contributed by atoms with Gasteiger partial charge in [-0.2, -0.15) is 0 Å². The SMILES string of the molecule is CC1([C@@H]2CCCN(C(=O)NCc3ccn4ccnc4c3)C2)OCCO1. The fourth-order valence-corrected chi connectivity index (χ4v) is 3.71. The number of aromatic nitrogens is 2. The first-order valence-electron chi connectivity index (χ1n) is 8.86. The Balaban J connectivity index is 1.35. The third-order valence-electron chi connectivity index (χ3n) is 5.22. The highest BCUT2D eigenvalue weighted by Gasteiger charge is 2.42. The Kier molecular flexibility index (Phi) is 4.35. The lowest BCUT2D eigenvalue weighted by Gasteiger charge is -2.39. The van der Waals surface area contributed by atoms with Gasteiger partial charge in [0.2, 0.25) is 0 Å². The Morgan fingerprint density at radius 2 is 2.24 bits per heavy atom. The number of carbonyl (C=O) groups is 1. The van der Waals surface area contributed by atoms with Crippen LogP contribution < -0.4 is 5.32 Å². The van der Waals surface area contributed by atoms with E-state index in [2.05, 4.69) is 10.3 Å². The number of likely N-dealkylation sites (tertiary alicyclic amines) is 1. The van der Waals surface area contributed by atoms with E-state index in [1.807, 2.05) is 40.8 Å². The van der Waals surface area contributed by atoms with E-state index in [4.69, 9.17) is 9.47 Å². The molecule has 0 radical (unpaired) electrons. The van der Waals surface area contributed by atoms with Crippen LogP contribution in [0, 0.1) is 5.92 Å². The second-order valence-corrected chi connectivity index (χ2v) is 6.88. The third kappa shape index (κ3) is 3.34. The second kappa shape index (κ2) is 6.65. The average Bonchev–Trinajstić information content (AvgIpc) is 3.29. The number of hydrogen-bond acceptors (Lipinski definition) is 4. The number of amides is 2. The first-order valence-corrected chi connectivity index (χ1v) is 8.86. The summed E-state index contributed by atoms with van der Waals surface area (Å²) < 4.78 is 13.5. The molecule has 2 amide bonds. The summed E-state index contributed by atoms with van der Waals surface area (Å²) in [5.41, 5.74) is 1.92. The van der Waals surface area contributed by atoms with Crippen LogP contribution in [0.25, 0.3) is 5.65 Å². The number of nitrogens with one attached hydrogen (secondary N) is 1. The molecule has 1 N–H and O–H groups in total. The van der Waals surface area contributed by atoms with Crippen molar-refractivity contribution in [3.8, 4) is 0 Å². The molecule has 0 bridgehead atoms. The van der Waals surface area contributed by atoms with Crippen molar-refractivity contribution < 1.29 is 14.3 Å². The lowest BCUT2D eigenvalue weighted by Crippen LogP contribution is -2.51. The van der Waals surface area contributed by atoms with Crippen LogP contribution in [0.2, 0.25) is 0 Å². The largest absolute Gasteiger partial charge is 0.347 e. The molecule has 4 heterocycles. The van der Waals surface area contributed by atoms with Gasteiger partial charge in [0.15, 0.2) is 5.79 Å². The minimum absolute atomic E-state index is 0.0329. The average molecular weight is 344 g/mol. The molecule has 2 aromatic rings. The maximum atomic E-state index is 12.6. The first-order chi connectivity index (χ1) is 12.1. The molecule has 2 fully saturated rings. The van der Waals surface area contributed by atoms with Crippen LogP contribution in [0.15, 0.2) is 30.7 Å². The van der Waals surface area contributed by atoms with Crippen LogP contribution in [0.4, 0.5) is 4.79 Å². The Hall–Kier alpha value is -2.12. The van der Waals surface area contributed by atoms with Crippen LogP contribution in [-0.4, -0.2) is 52.4 Å². The standard InChI is InChI=1S/C18H24N4O3/c1-18(24-9-10-25-18)15-3-2-6-22(13-15)17(23)20-12-14-4-7-21-8-5-19-16(21)11-14/h4-5,7-8,11,15H,2-3,6,9-10,12-13H2,1H3,(H,20,23)/t15-/m1/s1. The number of nitrogens with zero attached hydrogens (tertiary/aromatic N) is 3. The number of hydrogen-bond donors (Lipinski definition) is 1. The summed E-state index contributed by atoms with van der Waals surface area (Å²) in [4.78, 5) is 18.7. The number of piperidine rings is 1. The molecule has 7 nitrogen and oxygen atoms in total. The van der Waals surface area contributed by atoms with Gasteiger partial charge >= 0.3 is 6.03 Å². The molecular formula is C18H24N4O3. The molecule has 2 saturated heterocycles. The zero-order chi connectivity index (χ0) is 17.3. The normalized spacial score (nSPS) is 23.1. The maximum Gasteiger partial charge on any atom is 0.317 e. The molecule has 4 rings (SSSR count). The smallest absolute Gasteiger partial charge is 0.317 e. The summed E-state index contributed by atoms with van der Waals surface area (Å²) in [5, 5.41) is 3.02. The molecule has 0 saturated carbocycles. The van der Waals surface area contributed by atoms with Gasteiger partial charge in [-0.25, -0.2) is 9.78 Å². The summed E-state index contributed by atoms with van der Waals surface area (Å²) in [7, 11) is 0. The number of rotatable bonds is 3. The quantitative estimate of drug-likeness (QED) is 0.925. The summed E-state index contributed by atoms with van der Waals surface area (Å²) >= 11 is 0. The van der Waals surface area contributed by atoms with Gasteiger partial charge in [0, 0.05) is 44.1 Å². The minimum atomic E-state index is -0.551. The molecule has 25 heavy (non-hydrogen) atoms. The Morgan fingerprint density at radius 1 is 1.40 bits per heavy atom. The van der Waals surface area contributed by atoms with Gasteiger partial charge in [0.05, 0.1) is 13.2 Å². The summed E-state index contributed by atoms with van der Waals surface area (Å²) in [6, 6.07) is 3.95. The van der Waals surface area contributed by atoms with Crippen molar-refractivity contribution in [2.75, 3.05) is 26.3 Å². The number of imidazole rings is 1. The van der Waals surface area contributed by atoms with Gasteiger partial charge in [0.25, 0.3) is 0 Å². The van der Waals surface area contributed by atoms with Gasteiger partial charge in [-0.05, 0) is 37.5 Å². The van der Waals surface area contributed by atoms with E-state index in [0.717, 1.165) is 30.6 Å². The van der Waals surface area contributed by atoms with Gasteiger partial charge in [0.1, 0.15) is 5.65 Å². The molecule has 0 aliphatic carbocycles. The minimum Gasteiger partial charge on any atom is -0.347 e.